The van der Waals surface area contributed by atoms with Crippen LogP contribution in [0.25, 0.3) is 11.0 Å². The zero-order valence-electron chi connectivity index (χ0n) is 5.10. The molecule has 0 saturated heterocycles. The van der Waals surface area contributed by atoms with Gasteiger partial charge in [-0.05, 0) is 0 Å². The van der Waals surface area contributed by atoms with Crippen molar-refractivity contribution in [2.75, 3.05) is 0 Å². The zero-order valence-corrected chi connectivity index (χ0v) is 5.85. The van der Waals surface area contributed by atoms with E-state index in [1.54, 1.807) is 6.20 Å². The minimum atomic E-state index is 0.656. The number of fused-ring (bicyclic) bond motifs is 1. The van der Waals surface area contributed by atoms with Crippen LogP contribution in [-0.4, -0.2) is 0 Å². The SMILES string of the molecule is Clc1coc2c[nH+]ccc12. The van der Waals surface area contributed by atoms with Gasteiger partial charge in [-0.25, -0.2) is 4.98 Å². The molecule has 2 aromatic heterocycles. The number of nitrogens with one attached hydrogen (secondary N) is 1. The molecule has 0 atom stereocenters. The van der Waals surface area contributed by atoms with Crippen LogP contribution in [0.2, 0.25) is 5.02 Å². The standard InChI is InChI=1S/C7H4ClNO/c8-6-4-10-7-3-9-2-1-5(6)7/h1-4H/p+1. The Hall–Kier alpha value is -1.02. The Kier molecular flexibility index (Phi) is 1.14. The fourth-order valence-corrected chi connectivity index (χ4v) is 1.09. The fourth-order valence-electron chi connectivity index (χ4n) is 0.889. The molecule has 1 N–H and O–H groups in total. The maximum absolute atomic E-state index is 5.76. The van der Waals surface area contributed by atoms with E-state index in [-0.39, 0.29) is 0 Å². The molecule has 2 aromatic rings. The minimum absolute atomic E-state index is 0.656. The van der Waals surface area contributed by atoms with Gasteiger partial charge < -0.3 is 4.42 Å². The monoisotopic (exact) mass is 154 g/mol. The highest BCUT2D eigenvalue weighted by atomic mass is 35.5. The van der Waals surface area contributed by atoms with Gasteiger partial charge in [0.1, 0.15) is 6.26 Å². The van der Waals surface area contributed by atoms with Crippen molar-refractivity contribution in [3.8, 4) is 0 Å². The highest BCUT2D eigenvalue weighted by molar-refractivity contribution is 6.35. The molecule has 0 aromatic carbocycles. The summed E-state index contributed by atoms with van der Waals surface area (Å²) >= 11 is 5.76. The van der Waals surface area contributed by atoms with Crippen molar-refractivity contribution in [3.05, 3.63) is 29.7 Å². The van der Waals surface area contributed by atoms with Crippen molar-refractivity contribution < 1.29 is 9.40 Å². The van der Waals surface area contributed by atoms with E-state index in [0.717, 1.165) is 11.0 Å². The van der Waals surface area contributed by atoms with E-state index in [1.807, 2.05) is 12.3 Å². The Balaban J connectivity index is 2.93. The van der Waals surface area contributed by atoms with Gasteiger partial charge in [-0.15, -0.1) is 0 Å². The lowest BCUT2D eigenvalue weighted by Crippen LogP contribution is -1.95. The van der Waals surface area contributed by atoms with Crippen LogP contribution >= 0.6 is 11.6 Å². The summed E-state index contributed by atoms with van der Waals surface area (Å²) in [6, 6.07) is 1.88. The fraction of sp³-hybridized carbons (Fsp3) is 0. The summed E-state index contributed by atoms with van der Waals surface area (Å²) < 4.78 is 5.09. The van der Waals surface area contributed by atoms with Gasteiger partial charge in [0, 0.05) is 6.07 Å². The lowest BCUT2D eigenvalue weighted by molar-refractivity contribution is -0.376. The summed E-state index contributed by atoms with van der Waals surface area (Å²) in [6.07, 6.45) is 5.10. The molecule has 0 amide bonds. The number of pyridine rings is 1. The van der Waals surface area contributed by atoms with Crippen LogP contribution in [-0.2, 0) is 0 Å². The Morgan fingerprint density at radius 3 is 3.20 bits per heavy atom. The maximum atomic E-state index is 5.76. The highest BCUT2D eigenvalue weighted by Crippen LogP contribution is 2.22. The molecule has 2 nitrogen and oxygen atoms in total. The van der Waals surface area contributed by atoms with E-state index in [2.05, 4.69) is 4.98 Å². The van der Waals surface area contributed by atoms with E-state index < -0.39 is 0 Å². The van der Waals surface area contributed by atoms with Crippen molar-refractivity contribution in [1.29, 1.82) is 0 Å². The zero-order chi connectivity index (χ0) is 6.97. The number of furan rings is 1. The van der Waals surface area contributed by atoms with Gasteiger partial charge in [0.15, 0.2) is 11.8 Å². The molecule has 3 heteroatoms. The van der Waals surface area contributed by atoms with Crippen LogP contribution in [0.4, 0.5) is 0 Å². The third-order valence-corrected chi connectivity index (χ3v) is 1.67. The molecule has 0 radical (unpaired) electrons. The van der Waals surface area contributed by atoms with Crippen LogP contribution in [0.5, 0.6) is 0 Å². The van der Waals surface area contributed by atoms with Gasteiger partial charge in [-0.3, -0.25) is 0 Å². The molecule has 0 aliphatic rings. The average molecular weight is 155 g/mol. The molecule has 0 aliphatic carbocycles. The summed E-state index contributed by atoms with van der Waals surface area (Å²) in [5.74, 6) is 0. The minimum Gasteiger partial charge on any atom is -0.456 e. The quantitative estimate of drug-likeness (QED) is 0.570. The van der Waals surface area contributed by atoms with E-state index >= 15 is 0 Å². The van der Waals surface area contributed by atoms with Crippen LogP contribution < -0.4 is 4.98 Å². The molecule has 0 unspecified atom stereocenters. The predicted octanol–water partition coefficient (Wildman–Crippen LogP) is 1.90. The number of rotatable bonds is 0. The lowest BCUT2D eigenvalue weighted by Gasteiger charge is -1.78. The molecular weight excluding hydrogens is 150 g/mol. The van der Waals surface area contributed by atoms with Gasteiger partial charge in [-0.2, -0.15) is 0 Å². The molecule has 0 aliphatic heterocycles. The van der Waals surface area contributed by atoms with Crippen LogP contribution in [0.15, 0.2) is 29.1 Å². The Labute approximate surface area is 62.4 Å². The highest BCUT2D eigenvalue weighted by Gasteiger charge is 2.03. The third-order valence-electron chi connectivity index (χ3n) is 1.37. The first-order chi connectivity index (χ1) is 4.88. The number of aromatic amines is 1. The van der Waals surface area contributed by atoms with Crippen molar-refractivity contribution >= 4 is 22.6 Å². The summed E-state index contributed by atoms with van der Waals surface area (Å²) in [6.45, 7) is 0. The summed E-state index contributed by atoms with van der Waals surface area (Å²) in [5, 5.41) is 1.60. The number of hydrogen-bond donors (Lipinski definition) is 0. The number of H-pyrrole nitrogens is 1. The smallest absolute Gasteiger partial charge is 0.210 e. The molecule has 10 heavy (non-hydrogen) atoms. The molecule has 0 saturated carbocycles. The second-order valence-electron chi connectivity index (χ2n) is 2.01. The Morgan fingerprint density at radius 1 is 1.50 bits per heavy atom. The van der Waals surface area contributed by atoms with Crippen LogP contribution in [0, 0.1) is 0 Å². The van der Waals surface area contributed by atoms with E-state index in [9.17, 15) is 0 Å². The van der Waals surface area contributed by atoms with Crippen LogP contribution in [0.3, 0.4) is 0 Å². The molecule has 50 valence electrons. The number of hydrogen-bond acceptors (Lipinski definition) is 1. The van der Waals surface area contributed by atoms with E-state index in [0.29, 0.717) is 5.02 Å². The second-order valence-corrected chi connectivity index (χ2v) is 2.41. The van der Waals surface area contributed by atoms with Gasteiger partial charge in [0.25, 0.3) is 0 Å². The van der Waals surface area contributed by atoms with Gasteiger partial charge in [-0.1, -0.05) is 11.6 Å². The Bertz CT molecular complexity index is 355. The van der Waals surface area contributed by atoms with Gasteiger partial charge in [0.05, 0.1) is 10.4 Å². The largest absolute Gasteiger partial charge is 0.456 e. The summed E-state index contributed by atoms with van der Waals surface area (Å²) in [5.41, 5.74) is 0.785. The Morgan fingerprint density at radius 2 is 2.40 bits per heavy atom. The maximum Gasteiger partial charge on any atom is 0.210 e. The topological polar surface area (TPSA) is 27.3 Å². The van der Waals surface area contributed by atoms with Crippen LogP contribution in [0.1, 0.15) is 0 Å². The number of aromatic nitrogens is 1. The van der Waals surface area contributed by atoms with Gasteiger partial charge >= 0.3 is 0 Å². The summed E-state index contributed by atoms with van der Waals surface area (Å²) in [7, 11) is 0. The molecule has 0 fully saturated rings. The van der Waals surface area contributed by atoms with E-state index in [4.69, 9.17) is 16.0 Å². The van der Waals surface area contributed by atoms with Gasteiger partial charge in [0.2, 0.25) is 6.20 Å². The molecular formula is C7H5ClNO+. The number of halogens is 1. The van der Waals surface area contributed by atoms with Crippen molar-refractivity contribution in [2.45, 2.75) is 0 Å². The molecule has 0 bridgehead atoms. The van der Waals surface area contributed by atoms with Crippen molar-refractivity contribution in [1.82, 2.24) is 0 Å². The molecule has 2 rings (SSSR count). The first-order valence-corrected chi connectivity index (χ1v) is 3.28. The first-order valence-electron chi connectivity index (χ1n) is 2.91. The van der Waals surface area contributed by atoms with E-state index in [1.165, 1.54) is 6.26 Å². The predicted molar refractivity (Wildman–Crippen MR) is 37.8 cm³/mol. The summed E-state index contributed by atoms with van der Waals surface area (Å²) in [4.78, 5) is 2.90. The first kappa shape index (κ1) is 5.74. The van der Waals surface area contributed by atoms with Crippen molar-refractivity contribution in [3.63, 3.8) is 0 Å². The van der Waals surface area contributed by atoms with Crippen molar-refractivity contribution in [2.24, 2.45) is 0 Å². The normalized spacial score (nSPS) is 10.5. The third kappa shape index (κ3) is 0.693. The molecule has 0 spiro atoms. The average Bonchev–Trinajstić information content (AvgIpc) is 2.34. The lowest BCUT2D eigenvalue weighted by atomic mass is 10.3. The molecule has 2 heterocycles. The second kappa shape index (κ2) is 1.99.